The number of rotatable bonds is 8. The molecular weight excluding hydrogens is 226 g/mol. The Hall–Kier alpha value is -0.900. The highest BCUT2D eigenvalue weighted by Crippen LogP contribution is 2.24. The van der Waals surface area contributed by atoms with Crippen LogP contribution in [-0.2, 0) is 0 Å². The quantitative estimate of drug-likeness (QED) is 0.663. The van der Waals surface area contributed by atoms with Crippen LogP contribution < -0.4 is 5.32 Å². The minimum Gasteiger partial charge on any atom is -0.396 e. The van der Waals surface area contributed by atoms with Crippen LogP contribution in [-0.4, -0.2) is 29.9 Å². The van der Waals surface area contributed by atoms with Gasteiger partial charge in [-0.1, -0.05) is 44.2 Å². The zero-order valence-electron chi connectivity index (χ0n) is 11.4. The maximum absolute atomic E-state index is 10.0. The van der Waals surface area contributed by atoms with Crippen LogP contribution >= 0.6 is 0 Å². The Labute approximate surface area is 110 Å². The van der Waals surface area contributed by atoms with Crippen LogP contribution in [0.4, 0.5) is 0 Å². The molecule has 0 saturated heterocycles. The minimum atomic E-state index is -0.490. The lowest BCUT2D eigenvalue weighted by Gasteiger charge is -2.30. The van der Waals surface area contributed by atoms with Gasteiger partial charge in [0.1, 0.15) is 0 Å². The summed E-state index contributed by atoms with van der Waals surface area (Å²) in [5, 5.41) is 22.7. The molecule has 102 valence electrons. The number of nitrogens with one attached hydrogen (secondary N) is 1. The second-order valence-electron chi connectivity index (χ2n) is 4.92. The molecule has 0 aliphatic heterocycles. The average molecular weight is 251 g/mol. The van der Waals surface area contributed by atoms with E-state index < -0.39 is 6.10 Å². The lowest BCUT2D eigenvalue weighted by atomic mass is 9.83. The lowest BCUT2D eigenvalue weighted by Crippen LogP contribution is -2.38. The van der Waals surface area contributed by atoms with Crippen molar-refractivity contribution in [2.24, 2.45) is 5.41 Å². The summed E-state index contributed by atoms with van der Waals surface area (Å²) < 4.78 is 0. The zero-order valence-corrected chi connectivity index (χ0v) is 11.4. The predicted octanol–water partition coefficient (Wildman–Crippen LogP) is 2.11. The number of aliphatic hydroxyl groups excluding tert-OH is 2. The van der Waals surface area contributed by atoms with Gasteiger partial charge in [0.25, 0.3) is 0 Å². The fourth-order valence-corrected chi connectivity index (χ4v) is 2.05. The highest BCUT2D eigenvalue weighted by molar-refractivity contribution is 5.17. The Morgan fingerprint density at radius 2 is 1.78 bits per heavy atom. The third-order valence-corrected chi connectivity index (χ3v) is 3.86. The molecule has 0 saturated carbocycles. The molecule has 0 bridgehead atoms. The number of aliphatic hydroxyl groups is 2. The summed E-state index contributed by atoms with van der Waals surface area (Å²) >= 11 is 0. The SMILES string of the molecule is CCC(CC)(CO)CNCC(O)c1ccccc1. The summed E-state index contributed by atoms with van der Waals surface area (Å²) in [6.45, 7) is 5.63. The van der Waals surface area contributed by atoms with Crippen molar-refractivity contribution >= 4 is 0 Å². The molecule has 3 N–H and O–H groups in total. The summed E-state index contributed by atoms with van der Waals surface area (Å²) in [5.74, 6) is 0. The van der Waals surface area contributed by atoms with E-state index in [0.29, 0.717) is 6.54 Å². The van der Waals surface area contributed by atoms with Gasteiger partial charge in [0.15, 0.2) is 0 Å². The molecule has 1 atom stereocenters. The van der Waals surface area contributed by atoms with Gasteiger partial charge in [-0.3, -0.25) is 0 Å². The van der Waals surface area contributed by atoms with Gasteiger partial charge in [-0.2, -0.15) is 0 Å². The first-order chi connectivity index (χ1) is 8.67. The van der Waals surface area contributed by atoms with Crippen LogP contribution in [0.1, 0.15) is 38.4 Å². The molecule has 3 nitrogen and oxygen atoms in total. The minimum absolute atomic E-state index is 0.0591. The van der Waals surface area contributed by atoms with Crippen LogP contribution in [0.15, 0.2) is 30.3 Å². The number of hydrogen-bond acceptors (Lipinski definition) is 3. The van der Waals surface area contributed by atoms with E-state index in [-0.39, 0.29) is 12.0 Å². The molecule has 0 aromatic heterocycles. The molecule has 1 unspecified atom stereocenters. The van der Waals surface area contributed by atoms with Gasteiger partial charge in [-0.25, -0.2) is 0 Å². The Morgan fingerprint density at radius 3 is 2.28 bits per heavy atom. The summed E-state index contributed by atoms with van der Waals surface area (Å²) in [4.78, 5) is 0. The Balaban J connectivity index is 2.42. The van der Waals surface area contributed by atoms with Crippen molar-refractivity contribution in [2.75, 3.05) is 19.7 Å². The molecule has 3 heteroatoms. The van der Waals surface area contributed by atoms with Crippen molar-refractivity contribution < 1.29 is 10.2 Å². The Bertz CT molecular complexity index is 314. The fourth-order valence-electron chi connectivity index (χ4n) is 2.05. The second kappa shape index (κ2) is 7.52. The van der Waals surface area contributed by atoms with E-state index in [4.69, 9.17) is 0 Å². The van der Waals surface area contributed by atoms with Crippen LogP contribution in [0.5, 0.6) is 0 Å². The maximum atomic E-state index is 10.0. The van der Waals surface area contributed by atoms with Crippen molar-refractivity contribution in [1.82, 2.24) is 5.32 Å². The highest BCUT2D eigenvalue weighted by Gasteiger charge is 2.24. The molecule has 1 aromatic rings. The number of hydrogen-bond donors (Lipinski definition) is 3. The molecule has 0 amide bonds. The lowest BCUT2D eigenvalue weighted by molar-refractivity contribution is 0.104. The van der Waals surface area contributed by atoms with Gasteiger partial charge in [0.05, 0.1) is 6.10 Å². The van der Waals surface area contributed by atoms with E-state index in [2.05, 4.69) is 19.2 Å². The topological polar surface area (TPSA) is 52.5 Å². The van der Waals surface area contributed by atoms with Gasteiger partial charge < -0.3 is 15.5 Å². The number of benzene rings is 1. The third-order valence-electron chi connectivity index (χ3n) is 3.86. The molecule has 1 rings (SSSR count). The maximum Gasteiger partial charge on any atom is 0.0914 e. The van der Waals surface area contributed by atoms with Gasteiger partial charge in [0.2, 0.25) is 0 Å². The smallest absolute Gasteiger partial charge is 0.0914 e. The average Bonchev–Trinajstić information content (AvgIpc) is 2.45. The molecule has 0 aliphatic carbocycles. The van der Waals surface area contributed by atoms with Gasteiger partial charge in [-0.15, -0.1) is 0 Å². The molecule has 0 fully saturated rings. The van der Waals surface area contributed by atoms with Crippen LogP contribution in [0.3, 0.4) is 0 Å². The van der Waals surface area contributed by atoms with E-state index in [1.54, 1.807) is 0 Å². The summed E-state index contributed by atoms with van der Waals surface area (Å²) in [5.41, 5.74) is 0.865. The monoisotopic (exact) mass is 251 g/mol. The van der Waals surface area contributed by atoms with Crippen molar-refractivity contribution in [1.29, 1.82) is 0 Å². The normalized spacial score (nSPS) is 13.6. The van der Waals surface area contributed by atoms with Crippen molar-refractivity contribution in [2.45, 2.75) is 32.8 Å². The van der Waals surface area contributed by atoms with Crippen molar-refractivity contribution in [3.63, 3.8) is 0 Å². The molecular formula is C15H25NO2. The van der Waals surface area contributed by atoms with Crippen molar-refractivity contribution in [3.05, 3.63) is 35.9 Å². The molecule has 0 radical (unpaired) electrons. The molecule has 0 spiro atoms. The molecule has 0 heterocycles. The largest absolute Gasteiger partial charge is 0.396 e. The van der Waals surface area contributed by atoms with Crippen LogP contribution in [0, 0.1) is 5.41 Å². The molecule has 1 aromatic carbocycles. The van der Waals surface area contributed by atoms with Crippen molar-refractivity contribution in [3.8, 4) is 0 Å². The third kappa shape index (κ3) is 4.09. The molecule has 18 heavy (non-hydrogen) atoms. The van der Waals surface area contributed by atoms with E-state index in [1.807, 2.05) is 30.3 Å². The van der Waals surface area contributed by atoms with E-state index in [1.165, 1.54) is 0 Å². The highest BCUT2D eigenvalue weighted by atomic mass is 16.3. The van der Waals surface area contributed by atoms with Gasteiger partial charge in [0, 0.05) is 25.1 Å². The predicted molar refractivity (Wildman–Crippen MR) is 74.4 cm³/mol. The Morgan fingerprint density at radius 1 is 1.17 bits per heavy atom. The Kier molecular flexibility index (Phi) is 6.33. The standard InChI is InChI=1S/C15H25NO2/c1-3-15(4-2,12-17)11-16-10-14(18)13-8-6-5-7-9-13/h5-9,14,16-18H,3-4,10-12H2,1-2H3. The summed E-state index contributed by atoms with van der Waals surface area (Å²) in [6.07, 6.45) is 1.39. The first-order valence-electron chi connectivity index (χ1n) is 6.72. The first-order valence-corrected chi connectivity index (χ1v) is 6.72. The summed E-state index contributed by atoms with van der Waals surface area (Å²) in [7, 11) is 0. The zero-order chi connectivity index (χ0) is 13.4. The van der Waals surface area contributed by atoms with Gasteiger partial charge >= 0.3 is 0 Å². The van der Waals surface area contributed by atoms with Crippen LogP contribution in [0.2, 0.25) is 0 Å². The second-order valence-corrected chi connectivity index (χ2v) is 4.92. The van der Waals surface area contributed by atoms with E-state index >= 15 is 0 Å². The van der Waals surface area contributed by atoms with E-state index in [9.17, 15) is 10.2 Å². The van der Waals surface area contributed by atoms with Crippen LogP contribution in [0.25, 0.3) is 0 Å². The fraction of sp³-hybridized carbons (Fsp3) is 0.600. The van der Waals surface area contributed by atoms with Gasteiger partial charge in [-0.05, 0) is 18.4 Å². The molecule has 0 aliphatic rings. The van der Waals surface area contributed by atoms with E-state index in [0.717, 1.165) is 24.9 Å². The summed E-state index contributed by atoms with van der Waals surface area (Å²) in [6, 6.07) is 9.63. The first kappa shape index (κ1) is 15.2.